The number of hydrogen-bond donors (Lipinski definition) is 1. The zero-order chi connectivity index (χ0) is 24.9. The Labute approximate surface area is 213 Å². The van der Waals surface area contributed by atoms with Gasteiger partial charge >= 0.3 is 215 Å². The Kier molecular flexibility index (Phi) is 9.33. The van der Waals surface area contributed by atoms with Crippen molar-refractivity contribution in [1.82, 2.24) is 10.2 Å². The number of nitrogens with one attached hydrogen (secondary N) is 1. The van der Waals surface area contributed by atoms with Crippen molar-refractivity contribution >= 4 is 46.2 Å². The van der Waals surface area contributed by atoms with Crippen LogP contribution in [0.25, 0.3) is 0 Å². The quantitative estimate of drug-likeness (QED) is 0.258. The Hall–Kier alpha value is -1.30. The molecule has 192 valence electrons. The molecule has 1 N–H and O–H groups in total. The fourth-order valence-electron chi connectivity index (χ4n) is 4.31. The number of rotatable bonds is 7. The van der Waals surface area contributed by atoms with Crippen molar-refractivity contribution in [1.29, 1.82) is 0 Å². The van der Waals surface area contributed by atoms with E-state index in [1.807, 2.05) is 28.9 Å². The van der Waals surface area contributed by atoms with Gasteiger partial charge in [-0.3, -0.25) is 0 Å². The van der Waals surface area contributed by atoms with Gasteiger partial charge in [-0.15, -0.1) is 0 Å². The summed E-state index contributed by atoms with van der Waals surface area (Å²) in [4.78, 5) is 18.5. The average Bonchev–Trinajstić information content (AvgIpc) is 3.30. The van der Waals surface area contributed by atoms with E-state index in [1.165, 1.54) is 11.8 Å². The van der Waals surface area contributed by atoms with Crippen LogP contribution in [0.4, 0.5) is 5.69 Å². The molecule has 1 fully saturated rings. The van der Waals surface area contributed by atoms with Gasteiger partial charge in [0.05, 0.1) is 0 Å². The van der Waals surface area contributed by atoms with Gasteiger partial charge in [0.1, 0.15) is 0 Å². The second-order valence-electron chi connectivity index (χ2n) is 9.05. The minimum atomic E-state index is -3.49. The number of allylic oxidation sites excluding steroid dienone is 2. The molecule has 1 aliphatic carbocycles. The van der Waals surface area contributed by atoms with Crippen LogP contribution in [-0.4, -0.2) is 51.3 Å². The SMILES string of the molecule is CCOC(=O)C=Nc1ccccc1[CH]=[Ru-4]([Cl])([Cl])=[C]1NCCN1C1(C(C)C)C=CC=C(C(C)C)C1. The maximum absolute atomic E-state index is 11.8. The van der Waals surface area contributed by atoms with Crippen molar-refractivity contribution in [3.63, 3.8) is 0 Å². The number of esters is 1. The zero-order valence-corrected chi connectivity index (χ0v) is 23.7. The molecule has 1 atom stereocenters. The second-order valence-corrected chi connectivity index (χ2v) is 18.3. The van der Waals surface area contributed by atoms with Gasteiger partial charge in [-0.25, -0.2) is 0 Å². The third kappa shape index (κ3) is 6.09. The van der Waals surface area contributed by atoms with Crippen LogP contribution >= 0.6 is 19.4 Å². The van der Waals surface area contributed by atoms with Gasteiger partial charge in [-0.1, -0.05) is 0 Å². The van der Waals surface area contributed by atoms with Crippen LogP contribution in [-0.2, 0) is 21.4 Å². The molecule has 34 heavy (non-hydrogen) atoms. The zero-order valence-electron chi connectivity index (χ0n) is 20.5. The molecule has 0 aromatic heterocycles. The molecule has 1 aromatic carbocycles. The third-order valence-corrected chi connectivity index (χ3v) is 11.7. The van der Waals surface area contributed by atoms with E-state index < -0.39 is 17.9 Å². The summed E-state index contributed by atoms with van der Waals surface area (Å²) in [6.07, 6.45) is 8.89. The predicted molar refractivity (Wildman–Crippen MR) is 142 cm³/mol. The number of aliphatic imine (C=N–C) groups is 1. The number of hydrogen-bond acceptors (Lipinski definition) is 5. The normalized spacial score (nSPS) is 22.0. The topological polar surface area (TPSA) is 53.9 Å². The number of para-hydroxylation sites is 1. The van der Waals surface area contributed by atoms with E-state index in [1.54, 1.807) is 6.92 Å². The van der Waals surface area contributed by atoms with Gasteiger partial charge < -0.3 is 0 Å². The number of nitrogens with zero attached hydrogens (tertiary/aromatic N) is 2. The van der Waals surface area contributed by atoms with Crippen molar-refractivity contribution in [2.75, 3.05) is 19.7 Å². The fourth-order valence-corrected chi connectivity index (χ4v) is 9.85. The molecule has 0 radical (unpaired) electrons. The van der Waals surface area contributed by atoms with E-state index >= 15 is 0 Å². The standard InChI is InChI=1S/C15H24N2.C11H11NO2.2ClH.Ru/c1-12(2)14-6-5-7-15(10-14,13(3)4)17-9-8-16-11-17;1-3-14-11(13)8-12-10-7-5-4-6-9(10)2;;;/h5-7,12-13,16H,8-10H2,1-4H3;2,4-8H,3H2,1H3;2*1H;/q;;;;-2/p-2. The van der Waals surface area contributed by atoms with Crippen LogP contribution in [0.3, 0.4) is 0 Å². The first kappa shape index (κ1) is 27.3. The van der Waals surface area contributed by atoms with Crippen molar-refractivity contribution in [2.24, 2.45) is 16.8 Å². The van der Waals surface area contributed by atoms with Gasteiger partial charge in [0.25, 0.3) is 0 Å². The van der Waals surface area contributed by atoms with Crippen molar-refractivity contribution in [3.8, 4) is 0 Å². The monoisotopic (exact) mass is 593 g/mol. The van der Waals surface area contributed by atoms with Crippen LogP contribution in [0.5, 0.6) is 0 Å². The molecule has 0 amide bonds. The van der Waals surface area contributed by atoms with Gasteiger partial charge in [-0.2, -0.15) is 0 Å². The average molecular weight is 594 g/mol. The van der Waals surface area contributed by atoms with Crippen LogP contribution in [0.1, 0.15) is 46.6 Å². The Balaban J connectivity index is 2.08. The first-order valence-corrected chi connectivity index (χ1v) is 18.0. The Morgan fingerprint density at radius 2 is 2.03 bits per heavy atom. The summed E-state index contributed by atoms with van der Waals surface area (Å²) in [6.45, 7) is 12.7. The summed E-state index contributed by atoms with van der Waals surface area (Å²) >= 11 is -3.49. The van der Waals surface area contributed by atoms with Crippen LogP contribution in [0.15, 0.2) is 53.1 Å². The fraction of sp³-hybridized carbons (Fsp3) is 0.462. The molecule has 2 aliphatic rings. The molecule has 0 spiro atoms. The number of carbonyl (C=O) groups excluding carboxylic acids is 1. The van der Waals surface area contributed by atoms with E-state index in [4.69, 9.17) is 24.1 Å². The Bertz CT molecular complexity index is 1120. The molecule has 1 heterocycles. The van der Waals surface area contributed by atoms with Crippen LogP contribution < -0.4 is 5.32 Å². The summed E-state index contributed by atoms with van der Waals surface area (Å²) in [5.74, 6) is 0.371. The molecule has 1 aromatic rings. The molecule has 1 aliphatic heterocycles. The van der Waals surface area contributed by atoms with Crippen molar-refractivity contribution in [3.05, 3.63) is 53.6 Å². The summed E-state index contributed by atoms with van der Waals surface area (Å²) in [6, 6.07) is 7.56. The molecule has 8 heteroatoms. The summed E-state index contributed by atoms with van der Waals surface area (Å²) in [7, 11) is 14.4. The number of halogens is 2. The van der Waals surface area contributed by atoms with Crippen LogP contribution in [0.2, 0.25) is 0 Å². The van der Waals surface area contributed by atoms with Crippen molar-refractivity contribution in [2.45, 2.75) is 46.6 Å². The van der Waals surface area contributed by atoms with Gasteiger partial charge in [0.2, 0.25) is 0 Å². The van der Waals surface area contributed by atoms with E-state index in [-0.39, 0.29) is 5.54 Å². The Morgan fingerprint density at radius 1 is 1.29 bits per heavy atom. The van der Waals surface area contributed by atoms with Crippen LogP contribution in [0, 0.1) is 11.8 Å². The molecule has 1 unspecified atom stereocenters. The molecule has 0 bridgehead atoms. The van der Waals surface area contributed by atoms with E-state index in [2.05, 4.69) is 61.1 Å². The molecule has 5 nitrogen and oxygen atoms in total. The molecular weight excluding hydrogens is 558 g/mol. The van der Waals surface area contributed by atoms with E-state index in [0.29, 0.717) is 24.1 Å². The number of carbonyl (C=O) groups is 1. The molecule has 3 rings (SSSR count). The molecular formula is C26H35Cl2N3O2Ru-4. The summed E-state index contributed by atoms with van der Waals surface area (Å²) in [5, 5.41) is 3.53. The van der Waals surface area contributed by atoms with Crippen molar-refractivity contribution < 1.29 is 21.4 Å². The first-order valence-electron chi connectivity index (χ1n) is 11.6. The molecule has 0 saturated carbocycles. The van der Waals surface area contributed by atoms with Gasteiger partial charge in [0, 0.05) is 0 Å². The summed E-state index contributed by atoms with van der Waals surface area (Å²) in [5.41, 5.74) is 2.69. The first-order chi connectivity index (χ1) is 16.1. The number of ether oxygens (including phenoxy) is 1. The second kappa shape index (κ2) is 11.6. The predicted octanol–water partition coefficient (Wildman–Crippen LogP) is 5.49. The van der Waals surface area contributed by atoms with E-state index in [0.717, 1.165) is 29.4 Å². The molecule has 1 saturated heterocycles. The Morgan fingerprint density at radius 3 is 2.71 bits per heavy atom. The third-order valence-electron chi connectivity index (χ3n) is 6.25. The maximum atomic E-state index is 11.8. The van der Waals surface area contributed by atoms with Gasteiger partial charge in [-0.05, 0) is 0 Å². The minimum absolute atomic E-state index is 0.182. The van der Waals surface area contributed by atoms with Gasteiger partial charge in [0.15, 0.2) is 0 Å². The van der Waals surface area contributed by atoms with E-state index in [9.17, 15) is 4.79 Å². The number of benzene rings is 1. The summed E-state index contributed by atoms with van der Waals surface area (Å²) < 4.78 is 7.85.